The fourth-order valence-corrected chi connectivity index (χ4v) is 4.42. The first-order valence-corrected chi connectivity index (χ1v) is 11.0. The van der Waals surface area contributed by atoms with Crippen molar-refractivity contribution in [3.8, 4) is 0 Å². The van der Waals surface area contributed by atoms with Crippen LogP contribution in [0.1, 0.15) is 26.5 Å². The van der Waals surface area contributed by atoms with Crippen LogP contribution in [0.15, 0.2) is 55.0 Å². The lowest BCUT2D eigenvalue weighted by Gasteiger charge is -2.06. The number of carbonyl (C=O) groups excluding carboxylic acids is 1. The quantitative estimate of drug-likeness (QED) is 0.367. The number of nitrogen functional groups attached to an aromatic ring is 1. The molecule has 4 rings (SSSR count). The van der Waals surface area contributed by atoms with Gasteiger partial charge in [0.2, 0.25) is 0 Å². The van der Waals surface area contributed by atoms with Crippen molar-refractivity contribution in [1.29, 1.82) is 0 Å². The molecule has 160 valence electrons. The summed E-state index contributed by atoms with van der Waals surface area (Å²) in [6, 6.07) is 11.3. The molecule has 1 aromatic carbocycles. The average Bonchev–Trinajstić information content (AvgIpc) is 3.42. The lowest BCUT2D eigenvalue weighted by molar-refractivity contribution is 0.0955. The van der Waals surface area contributed by atoms with E-state index in [4.69, 9.17) is 22.1 Å². The number of fused-ring (bicyclic) bond motifs is 1. The van der Waals surface area contributed by atoms with Gasteiger partial charge >= 0.3 is 0 Å². The van der Waals surface area contributed by atoms with Crippen molar-refractivity contribution < 1.29 is 9.53 Å². The number of nitrogens with zero attached hydrogens (tertiary/aromatic N) is 3. The minimum atomic E-state index is -0.161. The molecular weight excluding hydrogens is 434 g/mol. The highest BCUT2D eigenvalue weighted by Gasteiger charge is 2.14. The number of pyridine rings is 1. The molecule has 0 unspecified atom stereocenters. The van der Waals surface area contributed by atoms with Gasteiger partial charge in [0.15, 0.2) is 0 Å². The van der Waals surface area contributed by atoms with Crippen molar-refractivity contribution in [2.75, 3.05) is 12.3 Å². The van der Waals surface area contributed by atoms with Gasteiger partial charge in [-0.1, -0.05) is 23.7 Å². The SMILES string of the molecule is Nc1nccc2cc(CNC(=O)c3cc(Cl)c(COCCCn4cccn4)s3)ccc12. The predicted octanol–water partition coefficient (Wildman–Crippen LogP) is 4.27. The lowest BCUT2D eigenvalue weighted by Crippen LogP contribution is -2.21. The Morgan fingerprint density at radius 1 is 1.26 bits per heavy atom. The Morgan fingerprint density at radius 3 is 3.00 bits per heavy atom. The Hall–Kier alpha value is -2.94. The first-order chi connectivity index (χ1) is 15.1. The molecule has 7 nitrogen and oxygen atoms in total. The van der Waals surface area contributed by atoms with E-state index in [0.29, 0.717) is 35.5 Å². The summed E-state index contributed by atoms with van der Waals surface area (Å²) >= 11 is 7.65. The molecule has 0 fully saturated rings. The number of aryl methyl sites for hydroxylation is 1. The Balaban J connectivity index is 1.28. The maximum absolute atomic E-state index is 12.6. The molecule has 4 aromatic rings. The Labute approximate surface area is 188 Å². The largest absolute Gasteiger partial charge is 0.383 e. The standard InChI is InChI=1S/C22H22ClN5O2S/c23-18-12-19(31-20(18)14-30-10-2-9-28-8-1-6-27-28)22(29)26-13-15-3-4-17-16(11-15)5-7-25-21(17)24/h1,3-8,11-12H,2,9-10,13-14H2,(H2,24,25)(H,26,29). The van der Waals surface area contributed by atoms with Gasteiger partial charge in [-0.3, -0.25) is 9.48 Å². The van der Waals surface area contributed by atoms with Crippen molar-refractivity contribution in [3.05, 3.63) is 75.3 Å². The summed E-state index contributed by atoms with van der Waals surface area (Å²) in [6.07, 6.45) is 6.21. The number of ether oxygens (including phenoxy) is 1. The van der Waals surface area contributed by atoms with E-state index in [1.165, 1.54) is 11.3 Å². The summed E-state index contributed by atoms with van der Waals surface area (Å²) in [6.45, 7) is 2.19. The number of thiophene rings is 1. The smallest absolute Gasteiger partial charge is 0.261 e. The number of hydrogen-bond acceptors (Lipinski definition) is 6. The van der Waals surface area contributed by atoms with Crippen molar-refractivity contribution in [1.82, 2.24) is 20.1 Å². The van der Waals surface area contributed by atoms with Gasteiger partial charge in [0.1, 0.15) is 5.82 Å². The molecule has 0 radical (unpaired) electrons. The summed E-state index contributed by atoms with van der Waals surface area (Å²) in [4.78, 5) is 18.1. The first-order valence-electron chi connectivity index (χ1n) is 9.85. The maximum Gasteiger partial charge on any atom is 0.261 e. The fourth-order valence-electron chi connectivity index (χ4n) is 3.17. The lowest BCUT2D eigenvalue weighted by atomic mass is 10.1. The molecule has 31 heavy (non-hydrogen) atoms. The summed E-state index contributed by atoms with van der Waals surface area (Å²) < 4.78 is 7.58. The van der Waals surface area contributed by atoms with Crippen LogP contribution in [0.5, 0.6) is 0 Å². The molecule has 9 heteroatoms. The molecule has 3 heterocycles. The highest BCUT2D eigenvalue weighted by atomic mass is 35.5. The summed E-state index contributed by atoms with van der Waals surface area (Å²) in [5.41, 5.74) is 6.87. The minimum Gasteiger partial charge on any atom is -0.383 e. The van der Waals surface area contributed by atoms with Crippen LogP contribution in [0.3, 0.4) is 0 Å². The van der Waals surface area contributed by atoms with Crippen molar-refractivity contribution in [2.24, 2.45) is 0 Å². The van der Waals surface area contributed by atoms with Crippen LogP contribution in [0.25, 0.3) is 10.8 Å². The Bertz CT molecular complexity index is 1180. The second kappa shape index (κ2) is 9.91. The predicted molar refractivity (Wildman–Crippen MR) is 123 cm³/mol. The molecule has 0 spiro atoms. The van der Waals surface area contributed by atoms with Gasteiger partial charge in [-0.25, -0.2) is 4.98 Å². The fraction of sp³-hybridized carbons (Fsp3) is 0.227. The van der Waals surface area contributed by atoms with E-state index in [0.717, 1.165) is 34.2 Å². The van der Waals surface area contributed by atoms with Crippen molar-refractivity contribution >= 4 is 45.4 Å². The number of hydrogen-bond donors (Lipinski definition) is 2. The first kappa shape index (κ1) is 21.3. The molecule has 3 aromatic heterocycles. The van der Waals surface area contributed by atoms with Gasteiger partial charge in [-0.2, -0.15) is 5.10 Å². The van der Waals surface area contributed by atoms with Crippen molar-refractivity contribution in [3.63, 3.8) is 0 Å². The minimum absolute atomic E-state index is 0.161. The zero-order chi connectivity index (χ0) is 21.6. The number of nitrogens with two attached hydrogens (primary N) is 1. The van der Waals surface area contributed by atoms with Gasteiger partial charge in [0, 0.05) is 48.6 Å². The van der Waals surface area contributed by atoms with Gasteiger partial charge in [-0.15, -0.1) is 11.3 Å². The maximum atomic E-state index is 12.6. The van der Waals surface area contributed by atoms with Crippen molar-refractivity contribution in [2.45, 2.75) is 26.1 Å². The number of halogens is 1. The van der Waals surface area contributed by atoms with Gasteiger partial charge < -0.3 is 15.8 Å². The van der Waals surface area contributed by atoms with Gasteiger partial charge in [-0.05, 0) is 41.6 Å². The third-order valence-electron chi connectivity index (χ3n) is 4.76. The highest BCUT2D eigenvalue weighted by molar-refractivity contribution is 7.14. The molecule has 3 N–H and O–H groups in total. The number of aromatic nitrogens is 3. The normalized spacial score (nSPS) is 11.1. The molecule has 0 aliphatic carbocycles. The van der Waals surface area contributed by atoms with Crippen LogP contribution >= 0.6 is 22.9 Å². The monoisotopic (exact) mass is 455 g/mol. The van der Waals surface area contributed by atoms with Gasteiger partial charge in [0.25, 0.3) is 5.91 Å². The third kappa shape index (κ3) is 5.41. The number of nitrogens with one attached hydrogen (secondary N) is 1. The zero-order valence-electron chi connectivity index (χ0n) is 16.8. The summed E-state index contributed by atoms with van der Waals surface area (Å²) in [5, 5.41) is 9.54. The van der Waals surface area contributed by atoms with E-state index in [1.54, 1.807) is 18.5 Å². The van der Waals surface area contributed by atoms with Crippen LogP contribution in [0.2, 0.25) is 5.02 Å². The van der Waals surface area contributed by atoms with Crippen LogP contribution < -0.4 is 11.1 Å². The Kier molecular flexibility index (Phi) is 6.81. The number of carbonyl (C=O) groups is 1. The molecule has 0 saturated heterocycles. The second-order valence-electron chi connectivity index (χ2n) is 6.99. The average molecular weight is 456 g/mol. The number of rotatable bonds is 9. The van der Waals surface area contributed by atoms with E-state index in [2.05, 4.69) is 15.4 Å². The number of amides is 1. The molecule has 0 atom stereocenters. The molecule has 0 bridgehead atoms. The molecule has 0 aliphatic rings. The molecular formula is C22H22ClN5O2S. The van der Waals surface area contributed by atoms with Crippen LogP contribution in [0, 0.1) is 0 Å². The summed E-state index contributed by atoms with van der Waals surface area (Å²) in [7, 11) is 0. The topological polar surface area (TPSA) is 95.1 Å². The zero-order valence-corrected chi connectivity index (χ0v) is 18.3. The van der Waals surface area contributed by atoms with Gasteiger partial charge in [0.05, 0.1) is 16.5 Å². The number of benzene rings is 1. The molecule has 0 aliphatic heterocycles. The third-order valence-corrected chi connectivity index (χ3v) is 6.32. The summed E-state index contributed by atoms with van der Waals surface area (Å²) in [5.74, 6) is 0.337. The van der Waals surface area contributed by atoms with E-state index in [-0.39, 0.29) is 5.91 Å². The van der Waals surface area contributed by atoms with E-state index >= 15 is 0 Å². The van der Waals surface area contributed by atoms with Crippen LogP contribution in [-0.4, -0.2) is 27.3 Å². The second-order valence-corrected chi connectivity index (χ2v) is 8.54. The van der Waals surface area contributed by atoms with E-state index < -0.39 is 0 Å². The Morgan fingerprint density at radius 2 is 2.16 bits per heavy atom. The molecule has 0 saturated carbocycles. The molecule has 1 amide bonds. The van der Waals surface area contributed by atoms with E-state index in [1.807, 2.05) is 41.2 Å². The van der Waals surface area contributed by atoms with E-state index in [9.17, 15) is 4.79 Å². The number of anilines is 1. The van der Waals surface area contributed by atoms with Crippen LogP contribution in [0.4, 0.5) is 5.82 Å². The highest BCUT2D eigenvalue weighted by Crippen LogP contribution is 2.28. The van der Waals surface area contributed by atoms with Crippen LogP contribution in [-0.2, 0) is 24.4 Å².